The Kier molecular flexibility index (Phi) is 6.17. The lowest BCUT2D eigenvalue weighted by Crippen LogP contribution is -2.44. The van der Waals surface area contributed by atoms with E-state index < -0.39 is 0 Å². The molecule has 0 unspecified atom stereocenters. The molecule has 1 N–H and O–H groups in total. The third-order valence-electron chi connectivity index (χ3n) is 5.08. The molecule has 3 rings (SSSR count). The number of carbonyl (C=O) groups is 1. The molecule has 1 aromatic rings. The first-order chi connectivity index (χ1) is 11.8. The Hall–Kier alpha value is -1.51. The summed E-state index contributed by atoms with van der Waals surface area (Å²) in [6, 6.07) is 10.4. The molecule has 1 amide bonds. The van der Waals surface area contributed by atoms with Crippen molar-refractivity contribution >= 4 is 17.7 Å². The average molecular weight is 343 g/mol. The van der Waals surface area contributed by atoms with E-state index in [1.54, 1.807) is 0 Å². The van der Waals surface area contributed by atoms with E-state index in [9.17, 15) is 4.79 Å². The maximum atomic E-state index is 12.6. The average Bonchev–Trinajstić information content (AvgIpc) is 2.67. The Balaban J connectivity index is 1.41. The number of nitrogens with zero attached hydrogens (tertiary/aromatic N) is 2. The highest BCUT2D eigenvalue weighted by Crippen LogP contribution is 2.27. The zero-order chi connectivity index (χ0) is 16.8. The van der Waals surface area contributed by atoms with Gasteiger partial charge < -0.3 is 10.2 Å². The van der Waals surface area contributed by atoms with E-state index in [-0.39, 0.29) is 5.92 Å². The van der Waals surface area contributed by atoms with Gasteiger partial charge in [-0.05, 0) is 43.4 Å². The molecule has 0 spiro atoms. The zero-order valence-corrected chi connectivity index (χ0v) is 14.9. The normalized spacial score (nSPS) is 24.4. The van der Waals surface area contributed by atoms with Gasteiger partial charge in [0.2, 0.25) is 5.91 Å². The van der Waals surface area contributed by atoms with Crippen molar-refractivity contribution in [3.8, 4) is 6.07 Å². The number of hydrogen-bond donors (Lipinski definition) is 1. The molecule has 1 aliphatic carbocycles. The number of nitriles is 1. The Morgan fingerprint density at radius 2 is 1.83 bits per heavy atom. The third kappa shape index (κ3) is 4.52. The highest BCUT2D eigenvalue weighted by molar-refractivity contribution is 7.99. The van der Waals surface area contributed by atoms with Crippen molar-refractivity contribution in [3.05, 3.63) is 35.4 Å². The van der Waals surface area contributed by atoms with Crippen molar-refractivity contribution in [3.63, 3.8) is 0 Å². The van der Waals surface area contributed by atoms with Gasteiger partial charge >= 0.3 is 0 Å². The number of benzene rings is 1. The molecule has 1 aromatic carbocycles. The van der Waals surface area contributed by atoms with E-state index in [1.165, 1.54) is 5.56 Å². The second-order valence-corrected chi connectivity index (χ2v) is 7.90. The molecule has 128 valence electrons. The van der Waals surface area contributed by atoms with E-state index in [4.69, 9.17) is 5.26 Å². The molecule has 5 heteroatoms. The summed E-state index contributed by atoms with van der Waals surface area (Å²) >= 11 is 1.95. The standard InChI is InChI=1S/C19H25N3OS/c20-13-15-1-3-16(4-2-15)14-21-18-7-5-17(6-8-18)19(23)22-9-11-24-12-10-22/h1-4,17-18,21H,5-12,14H2. The van der Waals surface area contributed by atoms with Crippen LogP contribution < -0.4 is 5.32 Å². The Labute approximate surface area is 148 Å². The minimum atomic E-state index is 0.237. The van der Waals surface area contributed by atoms with Gasteiger partial charge in [-0.25, -0.2) is 0 Å². The summed E-state index contributed by atoms with van der Waals surface area (Å²) in [6.07, 6.45) is 4.17. The summed E-state index contributed by atoms with van der Waals surface area (Å²) in [5.41, 5.74) is 1.91. The minimum Gasteiger partial charge on any atom is -0.341 e. The van der Waals surface area contributed by atoms with Crippen molar-refractivity contribution in [1.82, 2.24) is 10.2 Å². The number of carbonyl (C=O) groups excluding carboxylic acids is 1. The van der Waals surface area contributed by atoms with Crippen LogP contribution in [0.2, 0.25) is 0 Å². The molecule has 1 heterocycles. The van der Waals surface area contributed by atoms with Crippen LogP contribution in [0, 0.1) is 17.2 Å². The number of rotatable bonds is 4. The van der Waals surface area contributed by atoms with Crippen LogP contribution in [0.4, 0.5) is 0 Å². The fourth-order valence-corrected chi connectivity index (χ4v) is 4.45. The maximum absolute atomic E-state index is 12.6. The summed E-state index contributed by atoms with van der Waals surface area (Å²) in [4.78, 5) is 14.6. The lowest BCUT2D eigenvalue weighted by atomic mass is 9.85. The summed E-state index contributed by atoms with van der Waals surface area (Å²) in [5, 5.41) is 12.4. The van der Waals surface area contributed by atoms with Gasteiger partial charge in [0.05, 0.1) is 11.6 Å². The van der Waals surface area contributed by atoms with Crippen LogP contribution in [-0.2, 0) is 11.3 Å². The van der Waals surface area contributed by atoms with Gasteiger partial charge in [0.15, 0.2) is 0 Å². The first kappa shape index (κ1) is 17.3. The first-order valence-electron chi connectivity index (χ1n) is 8.85. The molecule has 24 heavy (non-hydrogen) atoms. The molecular weight excluding hydrogens is 318 g/mol. The van der Waals surface area contributed by atoms with E-state index in [0.29, 0.717) is 17.5 Å². The van der Waals surface area contributed by atoms with Crippen molar-refractivity contribution in [1.29, 1.82) is 5.26 Å². The number of amides is 1. The quantitative estimate of drug-likeness (QED) is 0.913. The highest BCUT2D eigenvalue weighted by atomic mass is 32.2. The second kappa shape index (κ2) is 8.55. The molecule has 2 fully saturated rings. The monoisotopic (exact) mass is 343 g/mol. The van der Waals surface area contributed by atoms with Crippen LogP contribution in [0.1, 0.15) is 36.8 Å². The van der Waals surface area contributed by atoms with E-state index in [0.717, 1.165) is 56.8 Å². The summed E-state index contributed by atoms with van der Waals surface area (Å²) in [6.45, 7) is 2.69. The molecular formula is C19H25N3OS. The van der Waals surface area contributed by atoms with Gasteiger partial charge in [0.1, 0.15) is 0 Å². The predicted molar refractivity (Wildman–Crippen MR) is 97.6 cm³/mol. The molecule has 0 aromatic heterocycles. The lowest BCUT2D eigenvalue weighted by Gasteiger charge is -2.34. The molecule has 1 aliphatic heterocycles. The Bertz CT molecular complexity index is 582. The van der Waals surface area contributed by atoms with Crippen molar-refractivity contribution in [2.24, 2.45) is 5.92 Å². The number of hydrogen-bond acceptors (Lipinski definition) is 4. The van der Waals surface area contributed by atoms with Gasteiger partial charge in [0, 0.05) is 43.1 Å². The Morgan fingerprint density at radius 1 is 1.17 bits per heavy atom. The number of nitrogens with one attached hydrogen (secondary N) is 1. The predicted octanol–water partition coefficient (Wildman–Crippen LogP) is 2.78. The van der Waals surface area contributed by atoms with Gasteiger partial charge in [-0.15, -0.1) is 0 Å². The molecule has 2 aliphatic rings. The number of thioether (sulfide) groups is 1. The van der Waals surface area contributed by atoms with Gasteiger partial charge in [-0.3, -0.25) is 4.79 Å². The fraction of sp³-hybridized carbons (Fsp3) is 0.579. The SMILES string of the molecule is N#Cc1ccc(CNC2CCC(C(=O)N3CCSCC3)CC2)cc1. The van der Waals surface area contributed by atoms with Crippen LogP contribution >= 0.6 is 11.8 Å². The van der Waals surface area contributed by atoms with Crippen LogP contribution in [0.5, 0.6) is 0 Å². The zero-order valence-electron chi connectivity index (χ0n) is 14.0. The first-order valence-corrected chi connectivity index (χ1v) is 10.0. The fourth-order valence-electron chi connectivity index (χ4n) is 3.55. The van der Waals surface area contributed by atoms with Gasteiger partial charge in [0.25, 0.3) is 0 Å². The van der Waals surface area contributed by atoms with Crippen LogP contribution in [0.25, 0.3) is 0 Å². The summed E-state index contributed by atoms with van der Waals surface area (Å²) in [5.74, 6) is 2.81. The van der Waals surface area contributed by atoms with Crippen molar-refractivity contribution in [2.45, 2.75) is 38.3 Å². The second-order valence-electron chi connectivity index (χ2n) is 6.68. The summed E-state index contributed by atoms with van der Waals surface area (Å²) in [7, 11) is 0. The van der Waals surface area contributed by atoms with Crippen LogP contribution in [-0.4, -0.2) is 41.4 Å². The van der Waals surface area contributed by atoms with Crippen LogP contribution in [0.3, 0.4) is 0 Å². The molecule has 1 saturated carbocycles. The van der Waals surface area contributed by atoms with Crippen LogP contribution in [0.15, 0.2) is 24.3 Å². The molecule has 4 nitrogen and oxygen atoms in total. The largest absolute Gasteiger partial charge is 0.341 e. The third-order valence-corrected chi connectivity index (χ3v) is 6.02. The van der Waals surface area contributed by atoms with E-state index in [2.05, 4.69) is 16.3 Å². The van der Waals surface area contributed by atoms with E-state index >= 15 is 0 Å². The molecule has 0 bridgehead atoms. The molecule has 1 saturated heterocycles. The smallest absolute Gasteiger partial charge is 0.225 e. The lowest BCUT2D eigenvalue weighted by molar-refractivity contribution is -0.136. The minimum absolute atomic E-state index is 0.237. The maximum Gasteiger partial charge on any atom is 0.225 e. The van der Waals surface area contributed by atoms with Crippen molar-refractivity contribution < 1.29 is 4.79 Å². The summed E-state index contributed by atoms with van der Waals surface area (Å²) < 4.78 is 0. The van der Waals surface area contributed by atoms with Crippen molar-refractivity contribution in [2.75, 3.05) is 24.6 Å². The van der Waals surface area contributed by atoms with Gasteiger partial charge in [-0.1, -0.05) is 12.1 Å². The van der Waals surface area contributed by atoms with E-state index in [1.807, 2.05) is 36.0 Å². The molecule has 0 atom stereocenters. The Morgan fingerprint density at radius 3 is 2.46 bits per heavy atom. The van der Waals surface area contributed by atoms with Gasteiger partial charge in [-0.2, -0.15) is 17.0 Å². The molecule has 0 radical (unpaired) electrons. The highest BCUT2D eigenvalue weighted by Gasteiger charge is 2.29. The topological polar surface area (TPSA) is 56.1 Å².